The second-order valence-corrected chi connectivity index (χ2v) is 5.41. The first kappa shape index (κ1) is 12.8. The van der Waals surface area contributed by atoms with Crippen LogP contribution >= 0.6 is 0 Å². The van der Waals surface area contributed by atoms with Crippen molar-refractivity contribution in [2.75, 3.05) is 0 Å². The number of carbonyl (C=O) groups excluding carboxylic acids is 1. The van der Waals surface area contributed by atoms with E-state index >= 15 is 0 Å². The van der Waals surface area contributed by atoms with Crippen molar-refractivity contribution in [1.29, 1.82) is 0 Å². The van der Waals surface area contributed by atoms with E-state index < -0.39 is 0 Å². The zero-order chi connectivity index (χ0) is 13.9. The lowest BCUT2D eigenvalue weighted by molar-refractivity contribution is 0.0937. The second kappa shape index (κ2) is 5.45. The van der Waals surface area contributed by atoms with Crippen LogP contribution in [0.5, 0.6) is 0 Å². The van der Waals surface area contributed by atoms with E-state index in [9.17, 15) is 4.79 Å². The third-order valence-electron chi connectivity index (χ3n) is 3.78. The molecule has 2 unspecified atom stereocenters. The maximum absolute atomic E-state index is 12.1. The van der Waals surface area contributed by atoms with Gasteiger partial charge in [-0.3, -0.25) is 4.79 Å². The Hall–Kier alpha value is -2.17. The van der Waals surface area contributed by atoms with Crippen LogP contribution in [0.1, 0.15) is 36.5 Å². The molecule has 1 heterocycles. The quantitative estimate of drug-likeness (QED) is 0.931. The monoisotopic (exact) mass is 271 g/mol. The Morgan fingerprint density at radius 2 is 2.10 bits per heavy atom. The van der Waals surface area contributed by atoms with Gasteiger partial charge in [0.05, 0.1) is 0 Å². The maximum Gasteiger partial charge on any atom is 0.251 e. The molecule has 2 aromatic rings. The zero-order valence-corrected chi connectivity index (χ0v) is 11.4. The Morgan fingerprint density at radius 1 is 1.30 bits per heavy atom. The van der Waals surface area contributed by atoms with Crippen LogP contribution in [0.15, 0.2) is 35.1 Å². The van der Waals surface area contributed by atoms with E-state index in [2.05, 4.69) is 22.4 Å². The first-order valence-electron chi connectivity index (χ1n) is 6.90. The first-order valence-corrected chi connectivity index (χ1v) is 6.90. The van der Waals surface area contributed by atoms with Gasteiger partial charge in [-0.2, -0.15) is 0 Å². The number of nitrogens with one attached hydrogen (secondary N) is 1. The van der Waals surface area contributed by atoms with Gasteiger partial charge in [0.1, 0.15) is 0 Å². The molecule has 0 radical (unpaired) electrons. The Bertz CT molecular complexity index is 578. The summed E-state index contributed by atoms with van der Waals surface area (Å²) < 4.78 is 5.12. The summed E-state index contributed by atoms with van der Waals surface area (Å²) in [7, 11) is 0. The lowest BCUT2D eigenvalue weighted by Crippen LogP contribution is -2.32. The zero-order valence-electron chi connectivity index (χ0n) is 11.4. The molecule has 20 heavy (non-hydrogen) atoms. The third-order valence-corrected chi connectivity index (χ3v) is 3.78. The predicted octanol–water partition coefficient (Wildman–Crippen LogP) is 2.66. The summed E-state index contributed by atoms with van der Waals surface area (Å²) in [6.45, 7) is 2.23. The average molecular weight is 271 g/mol. The summed E-state index contributed by atoms with van der Waals surface area (Å²) in [4.78, 5) is 12.1. The van der Waals surface area contributed by atoms with Gasteiger partial charge in [-0.05, 0) is 49.4 Å². The normalized spacial score (nSPS) is 21.9. The van der Waals surface area contributed by atoms with Crippen molar-refractivity contribution in [2.24, 2.45) is 5.92 Å². The smallest absolute Gasteiger partial charge is 0.251 e. The number of hydrogen-bond donors (Lipinski definition) is 1. The minimum absolute atomic E-state index is 0.0128. The standard InChI is InChI=1S/C15H17N3O2/c1-10-2-7-13(8-10)17-14(19)11-3-5-12(6-4-11)15-18-16-9-20-15/h3-6,9-10,13H,2,7-8H2,1H3,(H,17,19). The molecule has 1 N–H and O–H groups in total. The van der Waals surface area contributed by atoms with Crippen molar-refractivity contribution >= 4 is 5.91 Å². The molecule has 0 bridgehead atoms. The van der Waals surface area contributed by atoms with Crippen LogP contribution in [0.2, 0.25) is 0 Å². The van der Waals surface area contributed by atoms with E-state index in [0.717, 1.165) is 18.4 Å². The van der Waals surface area contributed by atoms with Gasteiger partial charge in [0, 0.05) is 17.2 Å². The van der Waals surface area contributed by atoms with Crippen LogP contribution in [0.4, 0.5) is 0 Å². The largest absolute Gasteiger partial charge is 0.423 e. The summed E-state index contributed by atoms with van der Waals surface area (Å²) in [6, 6.07) is 7.52. The van der Waals surface area contributed by atoms with Crippen molar-refractivity contribution in [2.45, 2.75) is 32.2 Å². The van der Waals surface area contributed by atoms with Gasteiger partial charge in [-0.15, -0.1) is 10.2 Å². The van der Waals surface area contributed by atoms with Crippen molar-refractivity contribution < 1.29 is 9.21 Å². The van der Waals surface area contributed by atoms with E-state index in [4.69, 9.17) is 4.42 Å². The minimum atomic E-state index is -0.0128. The number of nitrogens with zero attached hydrogens (tertiary/aromatic N) is 2. The SMILES string of the molecule is CC1CCC(NC(=O)c2ccc(-c3nnco3)cc2)C1. The number of hydrogen-bond acceptors (Lipinski definition) is 4. The molecule has 1 aromatic heterocycles. The van der Waals surface area contributed by atoms with E-state index in [1.54, 1.807) is 12.1 Å². The molecule has 1 aromatic carbocycles. The van der Waals surface area contributed by atoms with Crippen LogP contribution in [0.3, 0.4) is 0 Å². The highest BCUT2D eigenvalue weighted by Gasteiger charge is 2.23. The molecule has 0 saturated heterocycles. The van der Waals surface area contributed by atoms with Crippen LogP contribution in [0, 0.1) is 5.92 Å². The van der Waals surface area contributed by atoms with E-state index in [1.165, 1.54) is 12.8 Å². The highest BCUT2D eigenvalue weighted by atomic mass is 16.4. The van der Waals surface area contributed by atoms with Crippen molar-refractivity contribution in [1.82, 2.24) is 15.5 Å². The van der Waals surface area contributed by atoms with Crippen molar-refractivity contribution in [3.8, 4) is 11.5 Å². The molecule has 1 aliphatic carbocycles. The van der Waals surface area contributed by atoms with Gasteiger partial charge in [0.25, 0.3) is 5.91 Å². The van der Waals surface area contributed by atoms with E-state index in [0.29, 0.717) is 23.4 Å². The molecule has 3 rings (SSSR count). The van der Waals surface area contributed by atoms with Gasteiger partial charge in [-0.25, -0.2) is 0 Å². The molecule has 5 nitrogen and oxygen atoms in total. The summed E-state index contributed by atoms with van der Waals surface area (Å²) in [6.07, 6.45) is 4.64. The average Bonchev–Trinajstić information content (AvgIpc) is 3.11. The molecule has 2 atom stereocenters. The fourth-order valence-electron chi connectivity index (χ4n) is 2.67. The summed E-state index contributed by atoms with van der Waals surface area (Å²) in [5.41, 5.74) is 1.47. The number of rotatable bonds is 3. The Labute approximate surface area is 117 Å². The fraction of sp³-hybridized carbons (Fsp3) is 0.400. The van der Waals surface area contributed by atoms with Gasteiger partial charge < -0.3 is 9.73 Å². The van der Waals surface area contributed by atoms with Gasteiger partial charge in [-0.1, -0.05) is 6.92 Å². The summed E-state index contributed by atoms with van der Waals surface area (Å²) >= 11 is 0. The Balaban J connectivity index is 1.66. The molecule has 1 aliphatic rings. The Kier molecular flexibility index (Phi) is 3.50. The minimum Gasteiger partial charge on any atom is -0.423 e. The predicted molar refractivity (Wildman–Crippen MR) is 74.0 cm³/mol. The number of carbonyl (C=O) groups is 1. The lowest BCUT2D eigenvalue weighted by Gasteiger charge is -2.12. The summed E-state index contributed by atoms with van der Waals surface area (Å²) in [5.74, 6) is 1.16. The first-order chi connectivity index (χ1) is 9.72. The highest BCUT2D eigenvalue weighted by molar-refractivity contribution is 5.94. The topological polar surface area (TPSA) is 68.0 Å². The molecule has 104 valence electrons. The van der Waals surface area contributed by atoms with E-state index in [1.807, 2.05) is 12.1 Å². The molecule has 1 fully saturated rings. The molecule has 0 spiro atoms. The van der Waals surface area contributed by atoms with Gasteiger partial charge in [0.15, 0.2) is 0 Å². The van der Waals surface area contributed by atoms with Crippen LogP contribution < -0.4 is 5.32 Å². The molecular formula is C15H17N3O2. The molecule has 1 saturated carbocycles. The number of aromatic nitrogens is 2. The van der Waals surface area contributed by atoms with Crippen molar-refractivity contribution in [3.05, 3.63) is 36.2 Å². The van der Waals surface area contributed by atoms with Gasteiger partial charge >= 0.3 is 0 Å². The fourth-order valence-corrected chi connectivity index (χ4v) is 2.67. The molecular weight excluding hydrogens is 254 g/mol. The van der Waals surface area contributed by atoms with Gasteiger partial charge in [0.2, 0.25) is 12.3 Å². The molecule has 1 amide bonds. The molecule has 5 heteroatoms. The molecule has 0 aliphatic heterocycles. The third kappa shape index (κ3) is 2.71. The number of amides is 1. The van der Waals surface area contributed by atoms with Crippen LogP contribution in [0.25, 0.3) is 11.5 Å². The van der Waals surface area contributed by atoms with E-state index in [-0.39, 0.29) is 5.91 Å². The maximum atomic E-state index is 12.1. The summed E-state index contributed by atoms with van der Waals surface area (Å²) in [5, 5.41) is 10.6. The number of benzene rings is 1. The Morgan fingerprint density at radius 3 is 2.70 bits per heavy atom. The highest BCUT2D eigenvalue weighted by Crippen LogP contribution is 2.25. The second-order valence-electron chi connectivity index (χ2n) is 5.41. The lowest BCUT2D eigenvalue weighted by atomic mass is 10.1. The van der Waals surface area contributed by atoms with Crippen LogP contribution in [-0.4, -0.2) is 22.1 Å². The van der Waals surface area contributed by atoms with Crippen LogP contribution in [-0.2, 0) is 0 Å². The van der Waals surface area contributed by atoms with Crippen molar-refractivity contribution in [3.63, 3.8) is 0 Å².